The predicted molar refractivity (Wildman–Crippen MR) is 51.8 cm³/mol. The molecule has 3 nitrogen and oxygen atoms in total. The highest BCUT2D eigenvalue weighted by molar-refractivity contribution is 5.73. The lowest BCUT2D eigenvalue weighted by molar-refractivity contribution is -0.141. The van der Waals surface area contributed by atoms with E-state index >= 15 is 0 Å². The van der Waals surface area contributed by atoms with Crippen LogP contribution < -0.4 is 0 Å². The van der Waals surface area contributed by atoms with Crippen LogP contribution in [0.25, 0.3) is 0 Å². The first-order valence-corrected chi connectivity index (χ1v) is 4.66. The molecular formula is C11H7F4NO2. The molecule has 0 atom stereocenters. The fourth-order valence-electron chi connectivity index (χ4n) is 1.35. The fraction of sp³-hybridized carbons (Fsp3) is 0.273. The Kier molecular flexibility index (Phi) is 3.91. The van der Waals surface area contributed by atoms with Gasteiger partial charge in [0, 0.05) is 5.56 Å². The Morgan fingerprint density at radius 2 is 2.06 bits per heavy atom. The summed E-state index contributed by atoms with van der Waals surface area (Å²) in [6.45, 7) is 0. The van der Waals surface area contributed by atoms with Gasteiger partial charge < -0.3 is 4.74 Å². The van der Waals surface area contributed by atoms with Gasteiger partial charge in [-0.15, -0.1) is 0 Å². The molecule has 0 aliphatic carbocycles. The van der Waals surface area contributed by atoms with E-state index in [-0.39, 0.29) is 0 Å². The van der Waals surface area contributed by atoms with E-state index in [0.717, 1.165) is 7.11 Å². The molecule has 0 amide bonds. The van der Waals surface area contributed by atoms with E-state index in [4.69, 9.17) is 5.26 Å². The van der Waals surface area contributed by atoms with E-state index in [1.165, 1.54) is 6.07 Å². The molecule has 0 aliphatic heterocycles. The lowest BCUT2D eigenvalue weighted by Gasteiger charge is -2.13. The van der Waals surface area contributed by atoms with Gasteiger partial charge in [0.25, 0.3) is 0 Å². The van der Waals surface area contributed by atoms with Gasteiger partial charge in [-0.3, -0.25) is 4.79 Å². The average Bonchev–Trinajstić information content (AvgIpc) is 2.29. The molecule has 0 bridgehead atoms. The number of nitrogens with zero attached hydrogens (tertiary/aromatic N) is 1. The first-order chi connectivity index (χ1) is 8.29. The maximum atomic E-state index is 13.5. The van der Waals surface area contributed by atoms with Crippen molar-refractivity contribution in [1.29, 1.82) is 5.26 Å². The van der Waals surface area contributed by atoms with Crippen LogP contribution in [0, 0.1) is 17.1 Å². The number of ether oxygens (including phenoxy) is 1. The van der Waals surface area contributed by atoms with Gasteiger partial charge in [0.1, 0.15) is 5.82 Å². The number of hydrogen-bond acceptors (Lipinski definition) is 3. The van der Waals surface area contributed by atoms with Crippen LogP contribution in [-0.2, 0) is 22.1 Å². The molecule has 1 rings (SSSR count). The number of alkyl halides is 3. The Bertz CT molecular complexity index is 517. The average molecular weight is 261 g/mol. The first-order valence-electron chi connectivity index (χ1n) is 4.66. The molecule has 0 saturated carbocycles. The summed E-state index contributed by atoms with van der Waals surface area (Å²) in [6.07, 6.45) is -5.69. The minimum Gasteiger partial charge on any atom is -0.469 e. The molecule has 0 saturated heterocycles. The Morgan fingerprint density at radius 3 is 2.50 bits per heavy atom. The van der Waals surface area contributed by atoms with Crippen molar-refractivity contribution < 1.29 is 27.1 Å². The zero-order valence-corrected chi connectivity index (χ0v) is 9.14. The normalized spacial score (nSPS) is 10.9. The van der Waals surface area contributed by atoms with E-state index in [9.17, 15) is 22.4 Å². The number of benzene rings is 1. The summed E-state index contributed by atoms with van der Waals surface area (Å²) in [7, 11) is 0.983. The number of methoxy groups -OCH3 is 1. The third kappa shape index (κ3) is 2.97. The maximum Gasteiger partial charge on any atom is 0.416 e. The van der Waals surface area contributed by atoms with Crippen molar-refractivity contribution in [3.63, 3.8) is 0 Å². The highest BCUT2D eigenvalue weighted by atomic mass is 19.4. The molecule has 0 unspecified atom stereocenters. The van der Waals surface area contributed by atoms with Gasteiger partial charge in [-0.1, -0.05) is 0 Å². The van der Waals surface area contributed by atoms with E-state index in [1.54, 1.807) is 0 Å². The number of rotatable bonds is 2. The smallest absolute Gasteiger partial charge is 0.416 e. The molecule has 18 heavy (non-hydrogen) atoms. The van der Waals surface area contributed by atoms with Crippen LogP contribution in [-0.4, -0.2) is 13.1 Å². The topological polar surface area (TPSA) is 50.1 Å². The zero-order valence-electron chi connectivity index (χ0n) is 9.14. The Labute approximate surface area is 99.6 Å². The van der Waals surface area contributed by atoms with Crippen LogP contribution in [0.3, 0.4) is 0 Å². The van der Waals surface area contributed by atoms with Crippen molar-refractivity contribution in [3.05, 3.63) is 34.6 Å². The van der Waals surface area contributed by atoms with Gasteiger partial charge in [0.05, 0.1) is 30.7 Å². The standard InChI is InChI=1S/C11H7F4NO2/c1-18-10(17)4-7-8(11(13,14)15)2-6(5-16)3-9(7)12/h2-3H,4H2,1H3. The van der Waals surface area contributed by atoms with Crippen LogP contribution >= 0.6 is 0 Å². The Morgan fingerprint density at radius 1 is 1.44 bits per heavy atom. The largest absolute Gasteiger partial charge is 0.469 e. The number of carbonyl (C=O) groups excluding carboxylic acids is 1. The molecule has 0 N–H and O–H groups in total. The molecular weight excluding hydrogens is 254 g/mol. The van der Waals surface area contributed by atoms with Crippen LogP contribution in [0.4, 0.5) is 17.6 Å². The second-order valence-corrected chi connectivity index (χ2v) is 3.35. The second kappa shape index (κ2) is 5.04. The molecule has 0 aliphatic rings. The van der Waals surface area contributed by atoms with Crippen molar-refractivity contribution in [1.82, 2.24) is 0 Å². The number of halogens is 4. The molecule has 7 heteroatoms. The number of nitriles is 1. The Hall–Kier alpha value is -2.10. The number of hydrogen-bond donors (Lipinski definition) is 0. The third-order valence-corrected chi connectivity index (χ3v) is 2.18. The van der Waals surface area contributed by atoms with Gasteiger partial charge in [-0.25, -0.2) is 4.39 Å². The minimum absolute atomic E-state index is 0.464. The summed E-state index contributed by atoms with van der Waals surface area (Å²) in [5.41, 5.74) is -2.63. The summed E-state index contributed by atoms with van der Waals surface area (Å²) in [5, 5.41) is 8.50. The van der Waals surface area contributed by atoms with Crippen LogP contribution in [0.2, 0.25) is 0 Å². The van der Waals surface area contributed by atoms with Crippen molar-refractivity contribution >= 4 is 5.97 Å². The lowest BCUT2D eigenvalue weighted by Crippen LogP contribution is -2.15. The van der Waals surface area contributed by atoms with Crippen molar-refractivity contribution in [3.8, 4) is 6.07 Å². The van der Waals surface area contributed by atoms with Crippen LogP contribution in [0.15, 0.2) is 12.1 Å². The summed E-state index contributed by atoms with van der Waals surface area (Å²) in [4.78, 5) is 10.9. The third-order valence-electron chi connectivity index (χ3n) is 2.18. The van der Waals surface area contributed by atoms with Gasteiger partial charge in [0.15, 0.2) is 0 Å². The highest BCUT2D eigenvalue weighted by Gasteiger charge is 2.35. The molecule has 0 aromatic heterocycles. The van der Waals surface area contributed by atoms with Gasteiger partial charge in [0.2, 0.25) is 0 Å². The zero-order chi connectivity index (χ0) is 13.9. The highest BCUT2D eigenvalue weighted by Crippen LogP contribution is 2.34. The SMILES string of the molecule is COC(=O)Cc1c(F)cc(C#N)cc1C(F)(F)F. The molecule has 0 fully saturated rings. The van der Waals surface area contributed by atoms with E-state index in [0.29, 0.717) is 12.1 Å². The Balaban J connectivity index is 3.40. The molecule has 1 aromatic carbocycles. The van der Waals surface area contributed by atoms with Crippen molar-refractivity contribution in [2.24, 2.45) is 0 Å². The van der Waals surface area contributed by atoms with Crippen LogP contribution in [0.1, 0.15) is 16.7 Å². The van der Waals surface area contributed by atoms with Crippen LogP contribution in [0.5, 0.6) is 0 Å². The van der Waals surface area contributed by atoms with Crippen molar-refractivity contribution in [2.45, 2.75) is 12.6 Å². The van der Waals surface area contributed by atoms with Crippen molar-refractivity contribution in [2.75, 3.05) is 7.11 Å². The summed E-state index contributed by atoms with van der Waals surface area (Å²) in [6, 6.07) is 2.57. The molecule has 96 valence electrons. The summed E-state index contributed by atoms with van der Waals surface area (Å²) in [5.74, 6) is -2.25. The van der Waals surface area contributed by atoms with E-state index in [1.807, 2.05) is 0 Å². The molecule has 0 heterocycles. The predicted octanol–water partition coefficient (Wildman–Crippen LogP) is 2.43. The van der Waals surface area contributed by atoms with Gasteiger partial charge >= 0.3 is 12.1 Å². The maximum absolute atomic E-state index is 13.5. The summed E-state index contributed by atoms with van der Waals surface area (Å²) < 4.78 is 55.7. The first kappa shape index (κ1) is 14.0. The van der Waals surface area contributed by atoms with Gasteiger partial charge in [-0.2, -0.15) is 18.4 Å². The number of esters is 1. The fourth-order valence-corrected chi connectivity index (χ4v) is 1.35. The lowest BCUT2D eigenvalue weighted by atomic mass is 10.0. The number of carbonyl (C=O) groups is 1. The molecule has 1 aromatic rings. The van der Waals surface area contributed by atoms with Gasteiger partial charge in [-0.05, 0) is 12.1 Å². The second-order valence-electron chi connectivity index (χ2n) is 3.35. The monoisotopic (exact) mass is 261 g/mol. The van der Waals surface area contributed by atoms with E-state index in [2.05, 4.69) is 4.74 Å². The van der Waals surface area contributed by atoms with E-state index < -0.39 is 41.1 Å². The minimum atomic E-state index is -4.85. The summed E-state index contributed by atoms with van der Waals surface area (Å²) >= 11 is 0. The molecule has 0 spiro atoms. The molecule has 0 radical (unpaired) electrons. The quantitative estimate of drug-likeness (QED) is 0.606.